The maximum Gasteiger partial charge on any atom is 0.206 e. The molecule has 0 atom stereocenters. The number of para-hydroxylation sites is 1. The molecular formula is C15H13N3O2S. The highest BCUT2D eigenvalue weighted by Crippen LogP contribution is 2.20. The second-order valence-corrected chi connectivity index (χ2v) is 5.06. The van der Waals surface area contributed by atoms with Gasteiger partial charge in [0.05, 0.1) is 12.5 Å². The molecule has 6 heteroatoms. The van der Waals surface area contributed by atoms with Crippen LogP contribution in [-0.4, -0.2) is 23.0 Å². The lowest BCUT2D eigenvalue weighted by molar-refractivity contribution is 0.474. The molecule has 0 unspecified atom stereocenters. The fourth-order valence-electron chi connectivity index (χ4n) is 1.87. The minimum atomic E-state index is 0.187. The Labute approximate surface area is 125 Å². The van der Waals surface area contributed by atoms with Crippen molar-refractivity contribution < 1.29 is 9.52 Å². The molecule has 0 saturated carbocycles. The van der Waals surface area contributed by atoms with Gasteiger partial charge in [0.25, 0.3) is 0 Å². The minimum absolute atomic E-state index is 0.187. The summed E-state index contributed by atoms with van der Waals surface area (Å²) in [4.78, 5) is 4.94. The van der Waals surface area contributed by atoms with Gasteiger partial charge in [0.15, 0.2) is 5.76 Å². The topological polar surface area (TPSA) is 63.0 Å². The summed E-state index contributed by atoms with van der Waals surface area (Å²) in [6.45, 7) is 0. The molecule has 0 bridgehead atoms. The first-order chi connectivity index (χ1) is 10.3. The van der Waals surface area contributed by atoms with Gasteiger partial charge in [-0.15, -0.1) is 11.3 Å². The van der Waals surface area contributed by atoms with E-state index in [1.807, 2.05) is 23.6 Å². The second kappa shape index (κ2) is 5.80. The van der Waals surface area contributed by atoms with Gasteiger partial charge in [-0.05, 0) is 24.3 Å². The number of aromatic nitrogens is 1. The fourth-order valence-corrected chi connectivity index (χ4v) is 2.66. The standard InChI is InChI=1S/C15H13N3O2S/c1-16-15-18(12(10-21-15)14-7-4-8-20-14)17-9-11-5-2-3-6-13(11)19/h2-10,19H,1H3. The second-order valence-electron chi connectivity index (χ2n) is 4.22. The minimum Gasteiger partial charge on any atom is -0.507 e. The van der Waals surface area contributed by atoms with Crippen molar-refractivity contribution >= 4 is 17.6 Å². The first-order valence-electron chi connectivity index (χ1n) is 6.29. The zero-order chi connectivity index (χ0) is 14.7. The van der Waals surface area contributed by atoms with E-state index in [2.05, 4.69) is 10.1 Å². The highest BCUT2D eigenvalue weighted by atomic mass is 32.1. The Balaban J connectivity index is 2.06. The maximum atomic E-state index is 9.78. The molecule has 1 N–H and O–H groups in total. The predicted molar refractivity (Wildman–Crippen MR) is 82.6 cm³/mol. The van der Waals surface area contributed by atoms with Gasteiger partial charge in [0.1, 0.15) is 11.4 Å². The molecule has 0 aliphatic carbocycles. The Hall–Kier alpha value is -2.60. The molecular weight excluding hydrogens is 286 g/mol. The smallest absolute Gasteiger partial charge is 0.206 e. The van der Waals surface area contributed by atoms with Crippen LogP contribution in [-0.2, 0) is 0 Å². The van der Waals surface area contributed by atoms with E-state index in [4.69, 9.17) is 4.42 Å². The number of furan rings is 1. The van der Waals surface area contributed by atoms with Crippen molar-refractivity contribution in [2.24, 2.45) is 10.1 Å². The summed E-state index contributed by atoms with van der Waals surface area (Å²) in [6.07, 6.45) is 3.22. The van der Waals surface area contributed by atoms with Crippen molar-refractivity contribution in [3.63, 3.8) is 0 Å². The number of phenolic OH excluding ortho intramolecular Hbond substituents is 1. The summed E-state index contributed by atoms with van der Waals surface area (Å²) in [6, 6.07) is 10.7. The van der Waals surface area contributed by atoms with Crippen molar-refractivity contribution in [3.05, 3.63) is 58.4 Å². The van der Waals surface area contributed by atoms with E-state index in [-0.39, 0.29) is 5.75 Å². The van der Waals surface area contributed by atoms with Gasteiger partial charge in [-0.1, -0.05) is 12.1 Å². The number of hydrogen-bond acceptors (Lipinski definition) is 5. The average molecular weight is 299 g/mol. The molecule has 106 valence electrons. The van der Waals surface area contributed by atoms with Gasteiger partial charge < -0.3 is 9.52 Å². The molecule has 1 aromatic carbocycles. The Morgan fingerprint density at radius 1 is 1.24 bits per heavy atom. The highest BCUT2D eigenvalue weighted by molar-refractivity contribution is 7.07. The van der Waals surface area contributed by atoms with Crippen LogP contribution in [0.2, 0.25) is 0 Å². The third kappa shape index (κ3) is 2.66. The van der Waals surface area contributed by atoms with Gasteiger partial charge >= 0.3 is 0 Å². The van der Waals surface area contributed by atoms with Crippen LogP contribution in [0.5, 0.6) is 5.75 Å². The van der Waals surface area contributed by atoms with E-state index >= 15 is 0 Å². The van der Waals surface area contributed by atoms with Crippen LogP contribution >= 0.6 is 11.3 Å². The Morgan fingerprint density at radius 2 is 2.10 bits per heavy atom. The molecule has 0 saturated heterocycles. The van der Waals surface area contributed by atoms with Crippen LogP contribution in [0.4, 0.5) is 0 Å². The zero-order valence-electron chi connectivity index (χ0n) is 11.3. The third-order valence-electron chi connectivity index (χ3n) is 2.90. The molecule has 2 aromatic heterocycles. The molecule has 0 spiro atoms. The molecule has 0 fully saturated rings. The quantitative estimate of drug-likeness (QED) is 0.756. The van der Waals surface area contributed by atoms with Gasteiger partial charge in [0, 0.05) is 18.0 Å². The van der Waals surface area contributed by atoms with Crippen LogP contribution < -0.4 is 4.80 Å². The summed E-state index contributed by atoms with van der Waals surface area (Å²) in [7, 11) is 1.71. The zero-order valence-corrected chi connectivity index (χ0v) is 12.1. The third-order valence-corrected chi connectivity index (χ3v) is 3.81. The van der Waals surface area contributed by atoms with Crippen molar-refractivity contribution in [2.45, 2.75) is 0 Å². The molecule has 21 heavy (non-hydrogen) atoms. The molecule has 5 nitrogen and oxygen atoms in total. The highest BCUT2D eigenvalue weighted by Gasteiger charge is 2.09. The van der Waals surface area contributed by atoms with E-state index in [1.54, 1.807) is 42.4 Å². The summed E-state index contributed by atoms with van der Waals surface area (Å²) < 4.78 is 7.11. The van der Waals surface area contributed by atoms with Crippen LogP contribution in [0.15, 0.2) is 62.6 Å². The monoisotopic (exact) mass is 299 g/mol. The molecule has 0 radical (unpaired) electrons. The predicted octanol–water partition coefficient (Wildman–Crippen LogP) is 2.93. The Bertz CT molecular complexity index is 829. The van der Waals surface area contributed by atoms with E-state index in [0.29, 0.717) is 5.56 Å². The maximum absolute atomic E-state index is 9.78. The van der Waals surface area contributed by atoms with Crippen molar-refractivity contribution in [3.8, 4) is 17.2 Å². The van der Waals surface area contributed by atoms with E-state index in [0.717, 1.165) is 16.3 Å². The number of rotatable bonds is 3. The van der Waals surface area contributed by atoms with Crippen molar-refractivity contribution in [1.29, 1.82) is 0 Å². The number of aromatic hydroxyl groups is 1. The molecule has 2 heterocycles. The van der Waals surface area contributed by atoms with Gasteiger partial charge in [-0.3, -0.25) is 4.99 Å². The van der Waals surface area contributed by atoms with Gasteiger partial charge in [-0.25, -0.2) is 4.68 Å². The van der Waals surface area contributed by atoms with Crippen LogP contribution in [0, 0.1) is 0 Å². The number of benzene rings is 1. The lowest BCUT2D eigenvalue weighted by Crippen LogP contribution is -2.11. The van der Waals surface area contributed by atoms with E-state index in [9.17, 15) is 5.11 Å². The first kappa shape index (κ1) is 13.4. The molecule has 3 aromatic rings. The largest absolute Gasteiger partial charge is 0.507 e. The Morgan fingerprint density at radius 3 is 2.81 bits per heavy atom. The summed E-state index contributed by atoms with van der Waals surface area (Å²) in [5, 5.41) is 16.1. The van der Waals surface area contributed by atoms with Crippen LogP contribution in [0.25, 0.3) is 11.5 Å². The summed E-state index contributed by atoms with van der Waals surface area (Å²) >= 11 is 1.47. The normalized spacial score (nSPS) is 12.3. The van der Waals surface area contributed by atoms with E-state index in [1.165, 1.54) is 11.3 Å². The molecule has 0 amide bonds. The van der Waals surface area contributed by atoms with Gasteiger partial charge in [-0.2, -0.15) is 5.10 Å². The number of phenols is 1. The molecule has 3 rings (SSSR count). The van der Waals surface area contributed by atoms with Gasteiger partial charge in [0.2, 0.25) is 4.80 Å². The number of nitrogens with zero attached hydrogens (tertiary/aromatic N) is 3. The van der Waals surface area contributed by atoms with Crippen molar-refractivity contribution in [1.82, 2.24) is 4.68 Å². The van der Waals surface area contributed by atoms with E-state index < -0.39 is 0 Å². The molecule has 0 aliphatic heterocycles. The van der Waals surface area contributed by atoms with Crippen LogP contribution in [0.3, 0.4) is 0 Å². The SMILES string of the molecule is CN=c1scc(-c2ccco2)n1N=Cc1ccccc1O. The molecule has 0 aliphatic rings. The lowest BCUT2D eigenvalue weighted by Gasteiger charge is -2.01. The Kier molecular flexibility index (Phi) is 3.70. The number of thiazole rings is 1. The number of hydrogen-bond donors (Lipinski definition) is 1. The summed E-state index contributed by atoms with van der Waals surface area (Å²) in [5.41, 5.74) is 1.46. The summed E-state index contributed by atoms with van der Waals surface area (Å²) in [5.74, 6) is 0.905. The fraction of sp³-hybridized carbons (Fsp3) is 0.0667. The first-order valence-corrected chi connectivity index (χ1v) is 7.17. The van der Waals surface area contributed by atoms with Crippen LogP contribution in [0.1, 0.15) is 5.56 Å². The van der Waals surface area contributed by atoms with Crippen molar-refractivity contribution in [2.75, 3.05) is 7.05 Å². The lowest BCUT2D eigenvalue weighted by atomic mass is 10.2. The average Bonchev–Trinajstić information content (AvgIpc) is 3.15.